The van der Waals surface area contributed by atoms with Crippen molar-refractivity contribution in [3.63, 3.8) is 0 Å². The first-order chi connectivity index (χ1) is 12.6. The molecule has 0 bridgehead atoms. The van der Waals surface area contributed by atoms with Gasteiger partial charge in [0.2, 0.25) is 0 Å². The fraction of sp³-hybridized carbons (Fsp3) is 0.450. The summed E-state index contributed by atoms with van der Waals surface area (Å²) in [7, 11) is -1.46. The van der Waals surface area contributed by atoms with E-state index in [1.54, 1.807) is 0 Å². The summed E-state index contributed by atoms with van der Waals surface area (Å²) in [5.74, 6) is -0.331. The van der Waals surface area contributed by atoms with Gasteiger partial charge in [0.15, 0.2) is 0 Å². The summed E-state index contributed by atoms with van der Waals surface area (Å²) in [5.41, 5.74) is 3.59. The molecule has 0 aliphatic heterocycles. The van der Waals surface area contributed by atoms with Crippen molar-refractivity contribution in [3.05, 3.63) is 59.3 Å². The van der Waals surface area contributed by atoms with E-state index in [1.165, 1.54) is 7.11 Å². The molecule has 0 amide bonds. The van der Waals surface area contributed by atoms with Gasteiger partial charge in [-0.25, -0.2) is 4.79 Å². The van der Waals surface area contributed by atoms with Gasteiger partial charge in [0, 0.05) is 25.4 Å². The van der Waals surface area contributed by atoms with Crippen LogP contribution in [0.2, 0.25) is 0 Å². The first-order valence-corrected chi connectivity index (χ1v) is 10.8. The number of hydrogen-bond acceptors (Lipinski definition) is 5. The van der Waals surface area contributed by atoms with Gasteiger partial charge < -0.3 is 18.0 Å². The number of carbonyl (C=O) groups excluding carboxylic acids is 1. The van der Waals surface area contributed by atoms with E-state index in [0.29, 0.717) is 38.2 Å². The van der Waals surface area contributed by atoms with Crippen molar-refractivity contribution in [2.24, 2.45) is 0 Å². The highest BCUT2D eigenvalue weighted by Gasteiger charge is 2.37. The highest BCUT2D eigenvalue weighted by molar-refractivity contribution is 6.66. The lowest BCUT2D eigenvalue weighted by atomic mass is 10.1. The zero-order valence-electron chi connectivity index (χ0n) is 16.2. The van der Waals surface area contributed by atoms with Crippen LogP contribution in [0.3, 0.4) is 0 Å². The second kappa shape index (κ2) is 12.6. The molecule has 0 atom stereocenters. The SMILES string of the molecule is CCO[Si](/C=C\C/C(=C\Cc1ccccc1)C(=O)OC)(OCC)OCC. The monoisotopic (exact) mass is 378 g/mol. The van der Waals surface area contributed by atoms with Crippen LogP contribution in [0, 0.1) is 0 Å². The predicted octanol–water partition coefficient (Wildman–Crippen LogP) is 3.86. The lowest BCUT2D eigenvalue weighted by Gasteiger charge is -2.25. The van der Waals surface area contributed by atoms with E-state index in [4.69, 9.17) is 18.0 Å². The Labute approximate surface area is 158 Å². The normalized spacial score (nSPS) is 12.5. The summed E-state index contributed by atoms with van der Waals surface area (Å²) in [5, 5.41) is 0. The third kappa shape index (κ3) is 7.66. The van der Waals surface area contributed by atoms with Crippen LogP contribution in [0.15, 0.2) is 53.8 Å². The van der Waals surface area contributed by atoms with Gasteiger partial charge in [0.05, 0.1) is 7.11 Å². The molecule has 1 aromatic rings. The van der Waals surface area contributed by atoms with Crippen molar-refractivity contribution in [3.8, 4) is 0 Å². The average molecular weight is 379 g/mol. The van der Waals surface area contributed by atoms with Gasteiger partial charge in [-0.1, -0.05) is 42.5 Å². The third-order valence-electron chi connectivity index (χ3n) is 3.57. The fourth-order valence-corrected chi connectivity index (χ4v) is 4.59. The molecule has 0 spiro atoms. The first-order valence-electron chi connectivity index (χ1n) is 9.01. The van der Waals surface area contributed by atoms with Crippen molar-refractivity contribution >= 4 is 14.8 Å². The maximum atomic E-state index is 12.1. The Bertz CT molecular complexity index is 566. The number of rotatable bonds is 12. The molecule has 26 heavy (non-hydrogen) atoms. The second-order valence-electron chi connectivity index (χ2n) is 5.42. The lowest BCUT2D eigenvalue weighted by molar-refractivity contribution is -0.136. The first kappa shape index (κ1) is 22.3. The lowest BCUT2D eigenvalue weighted by Crippen LogP contribution is -2.44. The zero-order valence-corrected chi connectivity index (χ0v) is 17.2. The van der Waals surface area contributed by atoms with Gasteiger partial charge in [-0.2, -0.15) is 0 Å². The van der Waals surface area contributed by atoms with E-state index in [-0.39, 0.29) is 5.97 Å². The number of methoxy groups -OCH3 is 1. The Morgan fingerprint density at radius 1 is 1.00 bits per heavy atom. The third-order valence-corrected chi connectivity index (χ3v) is 6.29. The molecule has 0 saturated heterocycles. The van der Waals surface area contributed by atoms with E-state index in [1.807, 2.05) is 69.0 Å². The maximum Gasteiger partial charge on any atom is 0.529 e. The van der Waals surface area contributed by atoms with Crippen LogP contribution in [0.1, 0.15) is 32.8 Å². The molecule has 144 valence electrons. The van der Waals surface area contributed by atoms with E-state index in [9.17, 15) is 4.79 Å². The molecule has 0 N–H and O–H groups in total. The number of allylic oxidation sites excluding steroid dienone is 2. The molecule has 5 nitrogen and oxygen atoms in total. The summed E-state index contributed by atoms with van der Waals surface area (Å²) in [6.07, 6.45) is 4.88. The molecule has 6 heteroatoms. The van der Waals surface area contributed by atoms with Crippen molar-refractivity contribution in [1.82, 2.24) is 0 Å². The number of esters is 1. The van der Waals surface area contributed by atoms with Crippen LogP contribution in [0.4, 0.5) is 0 Å². The van der Waals surface area contributed by atoms with Crippen molar-refractivity contribution in [2.75, 3.05) is 26.9 Å². The molecule has 0 heterocycles. The summed E-state index contributed by atoms with van der Waals surface area (Å²) in [6.45, 7) is 7.24. The van der Waals surface area contributed by atoms with Crippen LogP contribution in [0.25, 0.3) is 0 Å². The van der Waals surface area contributed by atoms with Crippen molar-refractivity contribution < 1.29 is 22.8 Å². The molecule has 0 aromatic heterocycles. The van der Waals surface area contributed by atoms with Gasteiger partial charge >= 0.3 is 14.8 Å². The fourth-order valence-electron chi connectivity index (χ4n) is 2.44. The molecule has 0 aliphatic rings. The number of hydrogen-bond donors (Lipinski definition) is 0. The summed E-state index contributed by atoms with van der Waals surface area (Å²) >= 11 is 0. The van der Waals surface area contributed by atoms with Crippen molar-refractivity contribution in [1.29, 1.82) is 0 Å². The smallest absolute Gasteiger partial charge is 0.466 e. The molecular weight excluding hydrogens is 348 g/mol. The standard InChI is InChI=1S/C20H30O5Si/c1-5-23-26(24-6-2,25-7-3)17-11-14-19(20(21)22-4)16-15-18-12-9-8-10-13-18/h8-13,16-17H,5-7,14-15H2,1-4H3/b17-11-,19-16+. The molecule has 1 aromatic carbocycles. The van der Waals surface area contributed by atoms with Gasteiger partial charge in [-0.3, -0.25) is 0 Å². The van der Waals surface area contributed by atoms with Gasteiger partial charge in [0.1, 0.15) is 0 Å². The maximum absolute atomic E-state index is 12.1. The molecule has 1 rings (SSSR count). The quantitative estimate of drug-likeness (QED) is 0.314. The molecular formula is C20H30O5Si. The summed E-state index contributed by atoms with van der Waals surface area (Å²) in [6, 6.07) is 9.98. The van der Waals surface area contributed by atoms with Gasteiger partial charge in [-0.05, 0) is 44.9 Å². The Balaban J connectivity index is 2.88. The molecule has 0 unspecified atom stereocenters. The predicted molar refractivity (Wildman–Crippen MR) is 105 cm³/mol. The number of carbonyl (C=O) groups is 1. The Kier molecular flexibility index (Phi) is 10.8. The highest BCUT2D eigenvalue weighted by Crippen LogP contribution is 2.15. The second-order valence-corrected chi connectivity index (χ2v) is 7.83. The van der Waals surface area contributed by atoms with Crippen LogP contribution in [0.5, 0.6) is 0 Å². The van der Waals surface area contributed by atoms with Crippen LogP contribution in [-0.4, -0.2) is 41.7 Å². The minimum absolute atomic E-state index is 0.331. The Morgan fingerprint density at radius 2 is 1.58 bits per heavy atom. The molecule has 0 fully saturated rings. The zero-order chi connectivity index (χ0) is 19.3. The van der Waals surface area contributed by atoms with Gasteiger partial charge in [-0.15, -0.1) is 0 Å². The molecule has 0 saturated carbocycles. The number of benzene rings is 1. The molecule has 0 radical (unpaired) electrons. The van der Waals surface area contributed by atoms with Crippen LogP contribution >= 0.6 is 0 Å². The number of ether oxygens (including phenoxy) is 1. The van der Waals surface area contributed by atoms with Gasteiger partial charge in [0.25, 0.3) is 0 Å². The van der Waals surface area contributed by atoms with Crippen LogP contribution in [-0.2, 0) is 29.2 Å². The molecule has 0 aliphatic carbocycles. The minimum Gasteiger partial charge on any atom is -0.466 e. The van der Waals surface area contributed by atoms with E-state index >= 15 is 0 Å². The minimum atomic E-state index is -2.85. The van der Waals surface area contributed by atoms with E-state index in [2.05, 4.69) is 0 Å². The van der Waals surface area contributed by atoms with Crippen LogP contribution < -0.4 is 0 Å². The Morgan fingerprint density at radius 3 is 2.08 bits per heavy atom. The highest BCUT2D eigenvalue weighted by atomic mass is 28.4. The largest absolute Gasteiger partial charge is 0.529 e. The average Bonchev–Trinajstić information content (AvgIpc) is 2.65. The van der Waals surface area contributed by atoms with E-state index < -0.39 is 8.80 Å². The van der Waals surface area contributed by atoms with Crippen molar-refractivity contribution in [2.45, 2.75) is 33.6 Å². The Hall–Kier alpha value is -1.73. The topological polar surface area (TPSA) is 54.0 Å². The van der Waals surface area contributed by atoms with E-state index in [0.717, 1.165) is 5.56 Å². The summed E-state index contributed by atoms with van der Waals surface area (Å²) < 4.78 is 22.2. The summed E-state index contributed by atoms with van der Waals surface area (Å²) in [4.78, 5) is 12.1.